The van der Waals surface area contributed by atoms with Crippen LogP contribution < -0.4 is 5.32 Å². The zero-order chi connectivity index (χ0) is 11.1. The van der Waals surface area contributed by atoms with Gasteiger partial charge in [-0.25, -0.2) is 4.98 Å². The molecule has 0 spiro atoms. The molecule has 0 aliphatic carbocycles. The zero-order valence-electron chi connectivity index (χ0n) is 8.53. The van der Waals surface area contributed by atoms with Crippen LogP contribution in [-0.4, -0.2) is 17.4 Å². The molecule has 0 radical (unpaired) electrons. The van der Waals surface area contributed by atoms with Crippen LogP contribution in [0.15, 0.2) is 30.5 Å². The molecule has 3 nitrogen and oxygen atoms in total. The van der Waals surface area contributed by atoms with Crippen LogP contribution >= 0.6 is 11.6 Å². The maximum Gasteiger partial charge on any atom is 0.251 e. The van der Waals surface area contributed by atoms with Gasteiger partial charge < -0.3 is 5.32 Å². The standard InChI is InChI=1S/C11H13ClN2O/c1-2-3-4-6-14-11(15)9-5-7-13-10(12)8-9/h2-3,5,7-8H,4,6H2,1H3,(H,14,15)/b3-2+. The van der Waals surface area contributed by atoms with Crippen molar-refractivity contribution in [3.8, 4) is 0 Å². The summed E-state index contributed by atoms with van der Waals surface area (Å²) >= 11 is 5.67. The van der Waals surface area contributed by atoms with Gasteiger partial charge in [0.2, 0.25) is 0 Å². The molecule has 80 valence electrons. The van der Waals surface area contributed by atoms with Crippen LogP contribution in [-0.2, 0) is 0 Å². The van der Waals surface area contributed by atoms with Crippen molar-refractivity contribution in [1.82, 2.24) is 10.3 Å². The number of halogens is 1. The number of nitrogens with one attached hydrogen (secondary N) is 1. The van der Waals surface area contributed by atoms with E-state index in [9.17, 15) is 4.79 Å². The molecule has 0 bridgehead atoms. The first-order valence-corrected chi connectivity index (χ1v) is 5.12. The summed E-state index contributed by atoms with van der Waals surface area (Å²) in [7, 11) is 0. The van der Waals surface area contributed by atoms with E-state index in [2.05, 4.69) is 10.3 Å². The molecule has 0 saturated carbocycles. The van der Waals surface area contributed by atoms with Gasteiger partial charge in [0.05, 0.1) is 0 Å². The Hall–Kier alpha value is -1.35. The third kappa shape index (κ3) is 4.13. The predicted molar refractivity (Wildman–Crippen MR) is 61.0 cm³/mol. The van der Waals surface area contributed by atoms with E-state index in [1.807, 2.05) is 19.1 Å². The Morgan fingerprint density at radius 1 is 1.67 bits per heavy atom. The van der Waals surface area contributed by atoms with Crippen LogP contribution in [0.4, 0.5) is 0 Å². The van der Waals surface area contributed by atoms with Gasteiger partial charge in [0.1, 0.15) is 5.15 Å². The highest BCUT2D eigenvalue weighted by Gasteiger charge is 2.04. The molecule has 0 unspecified atom stereocenters. The van der Waals surface area contributed by atoms with Gasteiger partial charge in [0, 0.05) is 18.3 Å². The van der Waals surface area contributed by atoms with Crippen molar-refractivity contribution in [3.63, 3.8) is 0 Å². The van der Waals surface area contributed by atoms with Gasteiger partial charge >= 0.3 is 0 Å². The first kappa shape index (κ1) is 11.7. The lowest BCUT2D eigenvalue weighted by atomic mass is 10.2. The molecule has 1 aromatic rings. The predicted octanol–water partition coefficient (Wildman–Crippen LogP) is 2.43. The SMILES string of the molecule is C/C=C/CCNC(=O)c1ccnc(Cl)c1. The van der Waals surface area contributed by atoms with Gasteiger partial charge in [-0.2, -0.15) is 0 Å². The molecule has 0 atom stereocenters. The van der Waals surface area contributed by atoms with Crippen LogP contribution in [0.2, 0.25) is 5.15 Å². The van der Waals surface area contributed by atoms with Crippen molar-refractivity contribution >= 4 is 17.5 Å². The molecule has 0 aliphatic heterocycles. The Labute approximate surface area is 94.2 Å². The monoisotopic (exact) mass is 224 g/mol. The minimum absolute atomic E-state index is 0.121. The Kier molecular flexibility index (Phi) is 4.84. The molecule has 0 saturated heterocycles. The van der Waals surface area contributed by atoms with Gasteiger partial charge in [0.25, 0.3) is 5.91 Å². The summed E-state index contributed by atoms with van der Waals surface area (Å²) in [6.07, 6.45) is 6.31. The minimum atomic E-state index is -0.121. The number of rotatable bonds is 4. The summed E-state index contributed by atoms with van der Waals surface area (Å²) in [5.41, 5.74) is 0.537. The van der Waals surface area contributed by atoms with Crippen LogP contribution in [0.3, 0.4) is 0 Å². The van der Waals surface area contributed by atoms with Crippen molar-refractivity contribution in [1.29, 1.82) is 0 Å². The number of carbonyl (C=O) groups excluding carboxylic acids is 1. The first-order valence-electron chi connectivity index (χ1n) is 4.75. The van der Waals surface area contributed by atoms with Gasteiger partial charge in [-0.1, -0.05) is 23.8 Å². The quantitative estimate of drug-likeness (QED) is 0.485. The van der Waals surface area contributed by atoms with Crippen molar-refractivity contribution in [3.05, 3.63) is 41.2 Å². The number of aromatic nitrogens is 1. The molecule has 1 N–H and O–H groups in total. The Balaban J connectivity index is 2.47. The number of pyridine rings is 1. The highest BCUT2D eigenvalue weighted by molar-refractivity contribution is 6.29. The maximum absolute atomic E-state index is 11.5. The van der Waals surface area contributed by atoms with Crippen LogP contribution in [0.1, 0.15) is 23.7 Å². The highest BCUT2D eigenvalue weighted by Crippen LogP contribution is 2.06. The summed E-state index contributed by atoms with van der Waals surface area (Å²) in [6, 6.07) is 3.18. The molecular weight excluding hydrogens is 212 g/mol. The smallest absolute Gasteiger partial charge is 0.251 e. The molecule has 0 fully saturated rings. The van der Waals surface area contributed by atoms with Crippen LogP contribution in [0.25, 0.3) is 0 Å². The molecule has 15 heavy (non-hydrogen) atoms. The lowest BCUT2D eigenvalue weighted by Gasteiger charge is -2.02. The van der Waals surface area contributed by atoms with Gasteiger partial charge in [-0.05, 0) is 25.5 Å². The van der Waals surface area contributed by atoms with Crippen molar-refractivity contribution in [2.45, 2.75) is 13.3 Å². The summed E-state index contributed by atoms with van der Waals surface area (Å²) < 4.78 is 0. The fourth-order valence-corrected chi connectivity index (χ4v) is 1.26. The number of allylic oxidation sites excluding steroid dienone is 1. The average Bonchev–Trinajstić information content (AvgIpc) is 2.24. The third-order valence-corrected chi connectivity index (χ3v) is 2.03. The number of carbonyl (C=O) groups is 1. The fraction of sp³-hybridized carbons (Fsp3) is 0.273. The Morgan fingerprint density at radius 2 is 2.47 bits per heavy atom. The van der Waals surface area contributed by atoms with E-state index in [0.717, 1.165) is 6.42 Å². The van der Waals surface area contributed by atoms with Crippen molar-refractivity contribution in [2.75, 3.05) is 6.54 Å². The topological polar surface area (TPSA) is 42.0 Å². The largest absolute Gasteiger partial charge is 0.352 e. The van der Waals surface area contributed by atoms with Crippen molar-refractivity contribution < 1.29 is 4.79 Å². The van der Waals surface area contributed by atoms with Gasteiger partial charge in [0.15, 0.2) is 0 Å². The second-order valence-electron chi connectivity index (χ2n) is 2.98. The number of nitrogens with zero attached hydrogens (tertiary/aromatic N) is 1. The molecule has 4 heteroatoms. The van der Waals surface area contributed by atoms with E-state index in [4.69, 9.17) is 11.6 Å². The van der Waals surface area contributed by atoms with E-state index in [0.29, 0.717) is 17.3 Å². The van der Waals surface area contributed by atoms with E-state index < -0.39 is 0 Å². The van der Waals surface area contributed by atoms with E-state index in [1.54, 1.807) is 12.1 Å². The molecule has 0 aliphatic rings. The first-order chi connectivity index (χ1) is 7.24. The summed E-state index contributed by atoms with van der Waals surface area (Å²) in [6.45, 7) is 2.58. The molecule has 1 heterocycles. The lowest BCUT2D eigenvalue weighted by molar-refractivity contribution is 0.0954. The fourth-order valence-electron chi connectivity index (χ4n) is 1.08. The maximum atomic E-state index is 11.5. The molecule has 1 aromatic heterocycles. The van der Waals surface area contributed by atoms with E-state index in [1.165, 1.54) is 6.20 Å². The second-order valence-corrected chi connectivity index (χ2v) is 3.37. The van der Waals surface area contributed by atoms with Crippen molar-refractivity contribution in [2.24, 2.45) is 0 Å². The summed E-state index contributed by atoms with van der Waals surface area (Å²) in [4.78, 5) is 15.3. The number of hydrogen-bond acceptors (Lipinski definition) is 2. The van der Waals surface area contributed by atoms with E-state index in [-0.39, 0.29) is 5.91 Å². The zero-order valence-corrected chi connectivity index (χ0v) is 9.29. The van der Waals surface area contributed by atoms with E-state index >= 15 is 0 Å². The average molecular weight is 225 g/mol. The van der Waals surface area contributed by atoms with Gasteiger partial charge in [-0.3, -0.25) is 4.79 Å². The summed E-state index contributed by atoms with van der Waals surface area (Å²) in [5, 5.41) is 3.11. The van der Waals surface area contributed by atoms with Crippen LogP contribution in [0, 0.1) is 0 Å². The number of amides is 1. The molecule has 1 amide bonds. The minimum Gasteiger partial charge on any atom is -0.352 e. The Morgan fingerprint density at radius 3 is 3.13 bits per heavy atom. The number of hydrogen-bond donors (Lipinski definition) is 1. The normalized spacial score (nSPS) is 10.5. The van der Waals surface area contributed by atoms with Gasteiger partial charge in [-0.15, -0.1) is 0 Å². The molecule has 1 rings (SSSR count). The van der Waals surface area contributed by atoms with Crippen LogP contribution in [0.5, 0.6) is 0 Å². The second kappa shape index (κ2) is 6.19. The third-order valence-electron chi connectivity index (χ3n) is 1.82. The highest BCUT2D eigenvalue weighted by atomic mass is 35.5. The Bertz CT molecular complexity index is 363. The summed E-state index contributed by atoms with van der Waals surface area (Å²) in [5.74, 6) is -0.121. The lowest BCUT2D eigenvalue weighted by Crippen LogP contribution is -2.24. The molecule has 0 aromatic carbocycles. The molecular formula is C11H13ClN2O.